The number of aliphatic carboxylic acids is 1. The van der Waals surface area contributed by atoms with Crippen LogP contribution in [0.4, 0.5) is 13.2 Å². The molecule has 2 heterocycles. The number of halogens is 3. The van der Waals surface area contributed by atoms with Gasteiger partial charge in [-0.3, -0.25) is 9.59 Å². The van der Waals surface area contributed by atoms with Crippen LogP contribution in [0.25, 0.3) is 5.69 Å². The van der Waals surface area contributed by atoms with Crippen molar-refractivity contribution in [3.05, 3.63) is 41.7 Å². The number of hydrogen-bond donors (Lipinski definition) is 1. The van der Waals surface area contributed by atoms with Crippen LogP contribution in [-0.4, -0.2) is 49.5 Å². The highest BCUT2D eigenvalue weighted by molar-refractivity contribution is 5.93. The van der Waals surface area contributed by atoms with Gasteiger partial charge in [0.2, 0.25) is 0 Å². The highest BCUT2D eigenvalue weighted by atomic mass is 19.4. The number of carboxylic acids is 1. The van der Waals surface area contributed by atoms with Crippen LogP contribution in [0.1, 0.15) is 29.4 Å². The van der Waals surface area contributed by atoms with Crippen molar-refractivity contribution < 1.29 is 27.9 Å². The highest BCUT2D eigenvalue weighted by Gasteiger charge is 2.39. The van der Waals surface area contributed by atoms with Gasteiger partial charge in [0.1, 0.15) is 0 Å². The Morgan fingerprint density at radius 2 is 1.96 bits per heavy atom. The van der Waals surface area contributed by atoms with E-state index in [0.29, 0.717) is 6.42 Å². The van der Waals surface area contributed by atoms with Crippen molar-refractivity contribution >= 4 is 11.9 Å². The van der Waals surface area contributed by atoms with Gasteiger partial charge in [-0.25, -0.2) is 4.68 Å². The highest BCUT2D eigenvalue weighted by Crippen LogP contribution is 2.33. The van der Waals surface area contributed by atoms with Crippen molar-refractivity contribution in [3.63, 3.8) is 0 Å². The van der Waals surface area contributed by atoms with Crippen LogP contribution in [0.2, 0.25) is 0 Å². The van der Waals surface area contributed by atoms with Gasteiger partial charge >= 0.3 is 12.1 Å². The number of amides is 1. The fourth-order valence-electron chi connectivity index (χ4n) is 3.10. The molecule has 0 spiro atoms. The first-order chi connectivity index (χ1) is 12.2. The van der Waals surface area contributed by atoms with Crippen molar-refractivity contribution in [2.45, 2.75) is 25.6 Å². The third kappa shape index (κ3) is 3.14. The number of nitrogens with zero attached hydrogens (tertiary/aromatic N) is 4. The first kappa shape index (κ1) is 17.9. The molecule has 0 saturated carbocycles. The monoisotopic (exact) mass is 368 g/mol. The molecule has 2 atom stereocenters. The molecule has 1 fully saturated rings. The molecular weight excluding hydrogens is 353 g/mol. The number of hydrogen-bond acceptors (Lipinski definition) is 4. The van der Waals surface area contributed by atoms with E-state index in [4.69, 9.17) is 5.11 Å². The number of carbonyl (C=O) groups excluding carboxylic acids is 1. The van der Waals surface area contributed by atoms with E-state index in [2.05, 4.69) is 10.3 Å². The lowest BCUT2D eigenvalue weighted by Crippen LogP contribution is -2.37. The lowest BCUT2D eigenvalue weighted by atomic mass is 10.0. The minimum Gasteiger partial charge on any atom is -0.481 e. The van der Waals surface area contributed by atoms with Crippen LogP contribution in [0.15, 0.2) is 30.5 Å². The SMILES string of the molecule is CC1C(C(=O)O)CCN1C(=O)c1cn(-c2ccccc2C(F)(F)F)nn1. The third-order valence-electron chi connectivity index (χ3n) is 4.50. The van der Waals surface area contributed by atoms with Crippen molar-refractivity contribution in [1.29, 1.82) is 0 Å². The number of para-hydroxylation sites is 1. The smallest absolute Gasteiger partial charge is 0.418 e. The van der Waals surface area contributed by atoms with Crippen LogP contribution in [0, 0.1) is 5.92 Å². The fraction of sp³-hybridized carbons (Fsp3) is 0.375. The topological polar surface area (TPSA) is 88.3 Å². The number of likely N-dealkylation sites (tertiary alicyclic amines) is 1. The van der Waals surface area contributed by atoms with E-state index in [0.717, 1.165) is 16.9 Å². The van der Waals surface area contributed by atoms with E-state index in [1.165, 1.54) is 23.1 Å². The minimum absolute atomic E-state index is 0.139. The molecule has 0 bridgehead atoms. The molecule has 1 saturated heterocycles. The average molecular weight is 368 g/mol. The van der Waals surface area contributed by atoms with Gasteiger partial charge in [-0.2, -0.15) is 13.2 Å². The molecule has 1 aromatic carbocycles. The standard InChI is InChI=1S/C16H15F3N4O3/c1-9-10(15(25)26)6-7-22(9)14(24)12-8-23(21-20-12)13-5-3-2-4-11(13)16(17,18)19/h2-5,8-10H,6-7H2,1H3,(H,25,26). The maximum absolute atomic E-state index is 13.1. The Bertz CT molecular complexity index is 849. The summed E-state index contributed by atoms with van der Waals surface area (Å²) in [6.07, 6.45) is -3.15. The zero-order chi connectivity index (χ0) is 19.1. The summed E-state index contributed by atoms with van der Waals surface area (Å²) in [6, 6.07) is 4.29. The van der Waals surface area contributed by atoms with Crippen LogP contribution in [-0.2, 0) is 11.0 Å². The summed E-state index contributed by atoms with van der Waals surface area (Å²) in [5, 5.41) is 16.4. The van der Waals surface area contributed by atoms with Gasteiger partial charge < -0.3 is 10.0 Å². The first-order valence-corrected chi connectivity index (χ1v) is 7.83. The number of benzene rings is 1. The molecule has 0 aliphatic carbocycles. The summed E-state index contributed by atoms with van der Waals surface area (Å²) >= 11 is 0. The summed E-state index contributed by atoms with van der Waals surface area (Å²) in [5.41, 5.74) is -1.28. The maximum atomic E-state index is 13.1. The second-order valence-corrected chi connectivity index (χ2v) is 6.04. The summed E-state index contributed by atoms with van der Waals surface area (Å²) in [4.78, 5) is 25.1. The number of rotatable bonds is 3. The van der Waals surface area contributed by atoms with Gasteiger partial charge in [0.05, 0.1) is 23.4 Å². The second-order valence-electron chi connectivity index (χ2n) is 6.04. The molecule has 1 amide bonds. The van der Waals surface area contributed by atoms with Crippen LogP contribution < -0.4 is 0 Å². The van der Waals surface area contributed by atoms with E-state index < -0.39 is 35.6 Å². The lowest BCUT2D eigenvalue weighted by molar-refractivity contribution is -0.142. The van der Waals surface area contributed by atoms with Gasteiger partial charge in [-0.05, 0) is 25.5 Å². The van der Waals surface area contributed by atoms with Gasteiger partial charge in [-0.15, -0.1) is 5.10 Å². The summed E-state index contributed by atoms with van der Waals surface area (Å²) in [7, 11) is 0. The van der Waals surface area contributed by atoms with E-state index >= 15 is 0 Å². The van der Waals surface area contributed by atoms with Crippen molar-refractivity contribution in [2.75, 3.05) is 6.54 Å². The predicted octanol–water partition coefficient (Wildman–Crippen LogP) is 2.22. The fourth-order valence-corrected chi connectivity index (χ4v) is 3.10. The number of carbonyl (C=O) groups is 2. The molecule has 10 heteroatoms. The number of aromatic nitrogens is 3. The summed E-state index contributed by atoms with van der Waals surface area (Å²) in [5.74, 6) is -2.23. The van der Waals surface area contributed by atoms with Crippen molar-refractivity contribution in [2.24, 2.45) is 5.92 Å². The molecule has 138 valence electrons. The zero-order valence-corrected chi connectivity index (χ0v) is 13.6. The summed E-state index contributed by atoms with van der Waals surface area (Å²) < 4.78 is 40.3. The van der Waals surface area contributed by atoms with Crippen LogP contribution >= 0.6 is 0 Å². The Morgan fingerprint density at radius 3 is 2.58 bits per heavy atom. The Morgan fingerprint density at radius 1 is 1.27 bits per heavy atom. The zero-order valence-electron chi connectivity index (χ0n) is 13.6. The van der Waals surface area contributed by atoms with Crippen molar-refractivity contribution in [1.82, 2.24) is 19.9 Å². The van der Waals surface area contributed by atoms with Gasteiger partial charge in [-0.1, -0.05) is 17.3 Å². The number of alkyl halides is 3. The van der Waals surface area contributed by atoms with Gasteiger partial charge in [0.25, 0.3) is 5.91 Å². The molecule has 3 rings (SSSR count). The first-order valence-electron chi connectivity index (χ1n) is 7.83. The molecule has 1 aromatic heterocycles. The molecular formula is C16H15F3N4O3. The largest absolute Gasteiger partial charge is 0.481 e. The Balaban J connectivity index is 1.88. The van der Waals surface area contributed by atoms with E-state index in [1.807, 2.05) is 0 Å². The van der Waals surface area contributed by atoms with Gasteiger partial charge in [0, 0.05) is 12.6 Å². The Labute approximate surface area is 146 Å². The van der Waals surface area contributed by atoms with Crippen LogP contribution in [0.5, 0.6) is 0 Å². The second kappa shape index (κ2) is 6.43. The molecule has 2 unspecified atom stereocenters. The third-order valence-corrected chi connectivity index (χ3v) is 4.50. The van der Waals surface area contributed by atoms with Crippen molar-refractivity contribution in [3.8, 4) is 5.69 Å². The van der Waals surface area contributed by atoms with E-state index in [9.17, 15) is 22.8 Å². The average Bonchev–Trinajstić information content (AvgIpc) is 3.20. The van der Waals surface area contributed by atoms with E-state index in [1.54, 1.807) is 6.92 Å². The summed E-state index contributed by atoms with van der Waals surface area (Å²) in [6.45, 7) is 1.86. The normalized spacial score (nSPS) is 20.4. The molecule has 1 aliphatic rings. The van der Waals surface area contributed by atoms with Gasteiger partial charge in [0.15, 0.2) is 5.69 Å². The maximum Gasteiger partial charge on any atom is 0.418 e. The Kier molecular flexibility index (Phi) is 4.43. The minimum atomic E-state index is -4.58. The number of carboxylic acid groups (broad SMARTS) is 1. The molecule has 2 aromatic rings. The molecule has 26 heavy (non-hydrogen) atoms. The van der Waals surface area contributed by atoms with Crippen LogP contribution in [0.3, 0.4) is 0 Å². The molecule has 0 radical (unpaired) electrons. The molecule has 1 N–H and O–H groups in total. The predicted molar refractivity (Wildman–Crippen MR) is 82.6 cm³/mol. The molecule has 1 aliphatic heterocycles. The lowest BCUT2D eigenvalue weighted by Gasteiger charge is -2.22. The molecule has 7 nitrogen and oxygen atoms in total. The quantitative estimate of drug-likeness (QED) is 0.898. The Hall–Kier alpha value is -2.91. The van der Waals surface area contributed by atoms with E-state index in [-0.39, 0.29) is 17.9 Å².